The predicted octanol–water partition coefficient (Wildman–Crippen LogP) is 4.66. The summed E-state index contributed by atoms with van der Waals surface area (Å²) >= 11 is 0. The molecule has 1 heterocycles. The summed E-state index contributed by atoms with van der Waals surface area (Å²) in [6, 6.07) is 5.76. The first kappa shape index (κ1) is 24.6. The Balaban J connectivity index is 2.37. The van der Waals surface area contributed by atoms with Crippen molar-refractivity contribution in [1.29, 1.82) is 5.26 Å². The summed E-state index contributed by atoms with van der Waals surface area (Å²) in [6.45, 7) is 8.67. The summed E-state index contributed by atoms with van der Waals surface area (Å²) in [5.74, 6) is -3.86. The van der Waals surface area contributed by atoms with Crippen molar-refractivity contribution in [2.24, 2.45) is 5.92 Å². The Labute approximate surface area is 182 Å². The summed E-state index contributed by atoms with van der Waals surface area (Å²) in [5, 5.41) is 9.74. The van der Waals surface area contributed by atoms with E-state index in [4.69, 9.17) is 9.47 Å². The van der Waals surface area contributed by atoms with Gasteiger partial charge in [0.25, 0.3) is 0 Å². The van der Waals surface area contributed by atoms with Crippen LogP contribution >= 0.6 is 0 Å². The first-order chi connectivity index (χ1) is 14.4. The topological polar surface area (TPSA) is 79.6 Å². The number of carbonyl (C=O) groups is 2. The number of alkyl halides is 1. The standard InChI is InChI=1S/C23H30F2N2O4/c1-6-30-20(28)18(14-26)19(17-8-7-16(24)13-15(17)2)23(25)9-11-27(12-10-23)21(29)31-22(3,4)5/h7-8,13,18-19H,6,9-12H2,1-5H3. The molecule has 0 spiro atoms. The summed E-state index contributed by atoms with van der Waals surface area (Å²) in [5.41, 5.74) is -1.81. The average Bonchev–Trinajstić information content (AvgIpc) is 2.66. The highest BCUT2D eigenvalue weighted by atomic mass is 19.1. The van der Waals surface area contributed by atoms with Crippen molar-refractivity contribution in [2.75, 3.05) is 19.7 Å². The Morgan fingerprint density at radius 3 is 2.39 bits per heavy atom. The number of hydrogen-bond donors (Lipinski definition) is 0. The first-order valence-corrected chi connectivity index (χ1v) is 10.4. The van der Waals surface area contributed by atoms with Gasteiger partial charge in [-0.15, -0.1) is 0 Å². The van der Waals surface area contributed by atoms with E-state index in [0.717, 1.165) is 0 Å². The molecule has 0 bridgehead atoms. The number of piperidine rings is 1. The number of aryl methyl sites for hydroxylation is 1. The van der Waals surface area contributed by atoms with Gasteiger partial charge in [0.1, 0.15) is 17.1 Å². The molecule has 1 aromatic carbocycles. The van der Waals surface area contributed by atoms with E-state index in [0.29, 0.717) is 11.1 Å². The molecule has 0 aliphatic carbocycles. The molecule has 0 aromatic heterocycles. The van der Waals surface area contributed by atoms with Crippen LogP contribution < -0.4 is 0 Å². The Morgan fingerprint density at radius 1 is 1.29 bits per heavy atom. The maximum absolute atomic E-state index is 16.4. The van der Waals surface area contributed by atoms with Crippen LogP contribution in [0.4, 0.5) is 13.6 Å². The van der Waals surface area contributed by atoms with E-state index in [9.17, 15) is 19.2 Å². The lowest BCUT2D eigenvalue weighted by Crippen LogP contribution is -2.50. The first-order valence-electron chi connectivity index (χ1n) is 10.4. The third-order valence-corrected chi connectivity index (χ3v) is 5.38. The van der Waals surface area contributed by atoms with Crippen LogP contribution in [-0.2, 0) is 14.3 Å². The number of esters is 1. The second kappa shape index (κ2) is 9.63. The van der Waals surface area contributed by atoms with E-state index >= 15 is 4.39 Å². The smallest absolute Gasteiger partial charge is 0.410 e. The van der Waals surface area contributed by atoms with Crippen molar-refractivity contribution in [3.8, 4) is 6.07 Å². The number of nitrogens with zero attached hydrogens (tertiary/aromatic N) is 2. The molecular weight excluding hydrogens is 406 g/mol. The van der Waals surface area contributed by atoms with Crippen LogP contribution in [0.1, 0.15) is 57.6 Å². The van der Waals surface area contributed by atoms with Crippen molar-refractivity contribution in [3.63, 3.8) is 0 Å². The summed E-state index contributed by atoms with van der Waals surface area (Å²) in [6.07, 6.45) is -0.720. The zero-order valence-corrected chi connectivity index (χ0v) is 18.7. The molecule has 0 saturated carbocycles. The molecule has 1 fully saturated rings. The number of carbonyl (C=O) groups excluding carboxylic acids is 2. The van der Waals surface area contributed by atoms with E-state index in [1.54, 1.807) is 34.6 Å². The summed E-state index contributed by atoms with van der Waals surface area (Å²) in [4.78, 5) is 26.3. The molecule has 8 heteroatoms. The monoisotopic (exact) mass is 436 g/mol. The largest absolute Gasteiger partial charge is 0.465 e. The minimum Gasteiger partial charge on any atom is -0.465 e. The average molecular weight is 436 g/mol. The van der Waals surface area contributed by atoms with E-state index in [1.807, 2.05) is 6.07 Å². The number of halogens is 2. The Morgan fingerprint density at radius 2 is 1.90 bits per heavy atom. The highest BCUT2D eigenvalue weighted by Gasteiger charge is 2.50. The number of likely N-dealkylation sites (tertiary alicyclic amines) is 1. The van der Waals surface area contributed by atoms with Crippen LogP contribution in [-0.4, -0.2) is 47.9 Å². The maximum atomic E-state index is 16.4. The van der Waals surface area contributed by atoms with Crippen molar-refractivity contribution in [2.45, 2.75) is 64.6 Å². The van der Waals surface area contributed by atoms with E-state index in [2.05, 4.69) is 0 Å². The zero-order valence-electron chi connectivity index (χ0n) is 18.7. The van der Waals surface area contributed by atoms with Gasteiger partial charge >= 0.3 is 12.1 Å². The van der Waals surface area contributed by atoms with Gasteiger partial charge in [-0.2, -0.15) is 5.26 Å². The molecule has 0 N–H and O–H groups in total. The molecule has 2 unspecified atom stereocenters. The van der Waals surface area contributed by atoms with Crippen molar-refractivity contribution in [3.05, 3.63) is 35.1 Å². The van der Waals surface area contributed by atoms with Gasteiger partial charge in [-0.25, -0.2) is 13.6 Å². The molecule has 1 saturated heterocycles. The minimum atomic E-state index is -1.96. The summed E-state index contributed by atoms with van der Waals surface area (Å²) < 4.78 is 40.4. The highest BCUT2D eigenvalue weighted by Crippen LogP contribution is 2.46. The number of benzene rings is 1. The van der Waals surface area contributed by atoms with Crippen LogP contribution in [0.5, 0.6) is 0 Å². The molecule has 170 valence electrons. The van der Waals surface area contributed by atoms with Gasteiger partial charge in [0.2, 0.25) is 0 Å². The van der Waals surface area contributed by atoms with E-state index in [1.165, 1.54) is 23.1 Å². The van der Waals surface area contributed by atoms with E-state index < -0.39 is 41.0 Å². The molecule has 1 aromatic rings. The van der Waals surface area contributed by atoms with Gasteiger partial charge in [0, 0.05) is 19.0 Å². The lowest BCUT2D eigenvalue weighted by atomic mass is 9.70. The quantitative estimate of drug-likeness (QED) is 0.627. The molecule has 1 aliphatic rings. The fourth-order valence-electron chi connectivity index (χ4n) is 3.94. The number of nitriles is 1. The fourth-order valence-corrected chi connectivity index (χ4v) is 3.94. The lowest BCUT2D eigenvalue weighted by molar-refractivity contribution is -0.148. The Hall–Kier alpha value is -2.69. The van der Waals surface area contributed by atoms with Crippen molar-refractivity contribution >= 4 is 12.1 Å². The van der Waals surface area contributed by atoms with Crippen LogP contribution in [0.25, 0.3) is 0 Å². The number of amides is 1. The maximum Gasteiger partial charge on any atom is 0.410 e. The fraction of sp³-hybridized carbons (Fsp3) is 0.609. The van der Waals surface area contributed by atoms with Crippen LogP contribution in [0, 0.1) is 30.0 Å². The molecule has 2 atom stereocenters. The SMILES string of the molecule is CCOC(=O)C(C#N)C(c1ccc(F)cc1C)C1(F)CCN(C(=O)OC(C)(C)C)CC1. The molecular formula is C23H30F2N2O4. The van der Waals surface area contributed by atoms with Crippen molar-refractivity contribution in [1.82, 2.24) is 4.90 Å². The predicted molar refractivity (Wildman–Crippen MR) is 110 cm³/mol. The normalized spacial score (nSPS) is 17.9. The number of rotatable bonds is 5. The second-order valence-electron chi connectivity index (χ2n) is 8.84. The molecule has 6 nitrogen and oxygen atoms in total. The summed E-state index contributed by atoms with van der Waals surface area (Å²) in [7, 11) is 0. The van der Waals surface area contributed by atoms with Gasteiger partial charge < -0.3 is 14.4 Å². The molecule has 1 amide bonds. The van der Waals surface area contributed by atoms with Crippen molar-refractivity contribution < 1.29 is 27.8 Å². The number of ether oxygens (including phenoxy) is 2. The zero-order chi connectivity index (χ0) is 23.4. The highest BCUT2D eigenvalue weighted by molar-refractivity contribution is 5.77. The van der Waals surface area contributed by atoms with Gasteiger partial charge in [-0.3, -0.25) is 4.79 Å². The van der Waals surface area contributed by atoms with Gasteiger partial charge in [0.15, 0.2) is 5.92 Å². The minimum absolute atomic E-state index is 0.0534. The third-order valence-electron chi connectivity index (χ3n) is 5.38. The van der Waals surface area contributed by atoms with Gasteiger partial charge in [0.05, 0.1) is 12.7 Å². The van der Waals surface area contributed by atoms with Crippen LogP contribution in [0.15, 0.2) is 18.2 Å². The molecule has 31 heavy (non-hydrogen) atoms. The Bertz CT molecular complexity index is 852. The van der Waals surface area contributed by atoms with Crippen LogP contribution in [0.3, 0.4) is 0 Å². The molecule has 0 radical (unpaired) electrons. The Kier molecular flexibility index (Phi) is 7.63. The molecule has 2 rings (SSSR count). The molecule has 1 aliphatic heterocycles. The lowest BCUT2D eigenvalue weighted by Gasteiger charge is -2.42. The van der Waals surface area contributed by atoms with Gasteiger partial charge in [-0.1, -0.05) is 6.07 Å². The second-order valence-corrected chi connectivity index (χ2v) is 8.84. The third kappa shape index (κ3) is 5.93. The van der Waals surface area contributed by atoms with Gasteiger partial charge in [-0.05, 0) is 70.7 Å². The number of hydrogen-bond acceptors (Lipinski definition) is 5. The van der Waals surface area contributed by atoms with E-state index in [-0.39, 0.29) is 32.5 Å². The van der Waals surface area contributed by atoms with Crippen LogP contribution in [0.2, 0.25) is 0 Å².